The van der Waals surface area contributed by atoms with Crippen LogP contribution < -0.4 is 9.64 Å². The van der Waals surface area contributed by atoms with Crippen molar-refractivity contribution in [2.45, 2.75) is 84.0 Å². The van der Waals surface area contributed by atoms with Crippen molar-refractivity contribution in [1.82, 2.24) is 0 Å². The molecule has 0 atom stereocenters. The van der Waals surface area contributed by atoms with E-state index in [-0.39, 0.29) is 25.1 Å². The van der Waals surface area contributed by atoms with Gasteiger partial charge in [0, 0.05) is 12.8 Å². The van der Waals surface area contributed by atoms with E-state index in [1.165, 1.54) is 25.7 Å². The Balaban J connectivity index is 2.55. The van der Waals surface area contributed by atoms with E-state index in [1.807, 2.05) is 0 Å². The van der Waals surface area contributed by atoms with E-state index in [4.69, 9.17) is 9.84 Å². The smallest absolute Gasteiger partial charge is 0.418 e. The molecule has 0 aliphatic rings. The number of carbonyl (C=O) groups excluding carboxylic acids is 1. The first kappa shape index (κ1) is 25.5. The lowest BCUT2D eigenvalue weighted by Crippen LogP contribution is -2.36. The Morgan fingerprint density at radius 3 is 2.07 bits per heavy atom. The van der Waals surface area contributed by atoms with E-state index < -0.39 is 18.0 Å². The Kier molecular flexibility index (Phi) is 13.0. The number of hydrogen-bond acceptors (Lipinski definition) is 4. The molecule has 168 valence electrons. The normalized spacial score (nSPS) is 10.6. The van der Waals surface area contributed by atoms with Gasteiger partial charge < -0.3 is 14.9 Å². The third-order valence-corrected chi connectivity index (χ3v) is 4.83. The topological polar surface area (TPSA) is 104 Å². The SMILES string of the molecule is CCCCCCCCCCC(=O)N(C(=O)O)c1ccccc1OCCCCC(=O)O. The molecule has 0 saturated carbocycles. The maximum absolute atomic E-state index is 12.6. The lowest BCUT2D eigenvalue weighted by molar-refractivity contribution is -0.137. The number of para-hydroxylation sites is 2. The molecule has 1 aromatic carbocycles. The Labute approximate surface area is 179 Å². The molecule has 0 aliphatic heterocycles. The number of imide groups is 1. The Bertz CT molecular complexity index is 661. The van der Waals surface area contributed by atoms with Gasteiger partial charge in [-0.25, -0.2) is 9.69 Å². The van der Waals surface area contributed by atoms with Crippen molar-refractivity contribution in [3.05, 3.63) is 24.3 Å². The Morgan fingerprint density at radius 2 is 1.43 bits per heavy atom. The Morgan fingerprint density at radius 1 is 0.833 bits per heavy atom. The predicted molar refractivity (Wildman–Crippen MR) is 116 cm³/mol. The lowest BCUT2D eigenvalue weighted by atomic mass is 10.1. The predicted octanol–water partition coefficient (Wildman–Crippen LogP) is 5.86. The highest BCUT2D eigenvalue weighted by Crippen LogP contribution is 2.29. The summed E-state index contributed by atoms with van der Waals surface area (Å²) in [4.78, 5) is 35.7. The van der Waals surface area contributed by atoms with Gasteiger partial charge in [0.05, 0.1) is 12.3 Å². The molecule has 7 heteroatoms. The molecule has 0 fully saturated rings. The zero-order valence-corrected chi connectivity index (χ0v) is 18.0. The second-order valence-electron chi connectivity index (χ2n) is 7.40. The number of aliphatic carboxylic acids is 1. The third-order valence-electron chi connectivity index (χ3n) is 4.83. The summed E-state index contributed by atoms with van der Waals surface area (Å²) in [7, 11) is 0. The van der Waals surface area contributed by atoms with Crippen molar-refractivity contribution in [1.29, 1.82) is 0 Å². The summed E-state index contributed by atoms with van der Waals surface area (Å²) in [5.74, 6) is -1.02. The van der Waals surface area contributed by atoms with Gasteiger partial charge in [-0.15, -0.1) is 0 Å². The number of anilines is 1. The number of unbranched alkanes of at least 4 members (excludes halogenated alkanes) is 8. The minimum Gasteiger partial charge on any atom is -0.491 e. The minimum atomic E-state index is -1.33. The van der Waals surface area contributed by atoms with Crippen molar-refractivity contribution >= 4 is 23.7 Å². The summed E-state index contributed by atoms with van der Waals surface area (Å²) < 4.78 is 5.64. The lowest BCUT2D eigenvalue weighted by Gasteiger charge is -2.20. The molecule has 0 radical (unpaired) electrons. The molecule has 0 bridgehead atoms. The van der Waals surface area contributed by atoms with Gasteiger partial charge in [0.1, 0.15) is 5.75 Å². The van der Waals surface area contributed by atoms with Crippen LogP contribution in [-0.4, -0.2) is 34.8 Å². The minimum absolute atomic E-state index is 0.0589. The van der Waals surface area contributed by atoms with Gasteiger partial charge in [0.15, 0.2) is 0 Å². The molecule has 2 amide bonds. The first-order valence-electron chi connectivity index (χ1n) is 11.0. The first-order chi connectivity index (χ1) is 14.5. The maximum atomic E-state index is 12.6. The number of ether oxygens (including phenoxy) is 1. The second-order valence-corrected chi connectivity index (χ2v) is 7.40. The molecule has 0 unspecified atom stereocenters. The fourth-order valence-corrected chi connectivity index (χ4v) is 3.19. The van der Waals surface area contributed by atoms with Crippen LogP contribution >= 0.6 is 0 Å². The maximum Gasteiger partial charge on any atom is 0.418 e. The van der Waals surface area contributed by atoms with Crippen LogP contribution in [0.4, 0.5) is 10.5 Å². The summed E-state index contributed by atoms with van der Waals surface area (Å²) in [5, 5.41) is 18.3. The molecule has 1 aromatic rings. The molecule has 2 N–H and O–H groups in total. The highest BCUT2D eigenvalue weighted by molar-refractivity contribution is 6.12. The zero-order chi connectivity index (χ0) is 22.2. The highest BCUT2D eigenvalue weighted by atomic mass is 16.5. The van der Waals surface area contributed by atoms with Crippen molar-refractivity contribution in [2.24, 2.45) is 0 Å². The Hall–Kier alpha value is -2.57. The first-order valence-corrected chi connectivity index (χ1v) is 11.0. The van der Waals surface area contributed by atoms with Crippen LogP contribution in [0, 0.1) is 0 Å². The number of carboxylic acids is 1. The molecule has 0 aliphatic carbocycles. The molecule has 1 rings (SSSR count). The number of carboxylic acid groups (broad SMARTS) is 2. The summed E-state index contributed by atoms with van der Waals surface area (Å²) in [6, 6.07) is 6.53. The summed E-state index contributed by atoms with van der Waals surface area (Å²) >= 11 is 0. The van der Waals surface area contributed by atoms with Crippen LogP contribution in [0.2, 0.25) is 0 Å². The van der Waals surface area contributed by atoms with Gasteiger partial charge in [0.2, 0.25) is 5.91 Å². The van der Waals surface area contributed by atoms with Crippen LogP contribution in [0.15, 0.2) is 24.3 Å². The number of rotatable bonds is 16. The second kappa shape index (κ2) is 15.3. The van der Waals surface area contributed by atoms with Gasteiger partial charge in [-0.1, -0.05) is 64.0 Å². The summed E-state index contributed by atoms with van der Waals surface area (Å²) in [6.45, 7) is 2.44. The van der Waals surface area contributed by atoms with E-state index in [9.17, 15) is 19.5 Å². The van der Waals surface area contributed by atoms with Gasteiger partial charge in [0.25, 0.3) is 0 Å². The van der Waals surface area contributed by atoms with Crippen LogP contribution in [0.25, 0.3) is 0 Å². The van der Waals surface area contributed by atoms with Crippen molar-refractivity contribution in [3.63, 3.8) is 0 Å². The van der Waals surface area contributed by atoms with Crippen molar-refractivity contribution < 1.29 is 29.3 Å². The van der Waals surface area contributed by atoms with Crippen LogP contribution in [0.3, 0.4) is 0 Å². The highest BCUT2D eigenvalue weighted by Gasteiger charge is 2.25. The monoisotopic (exact) mass is 421 g/mol. The van der Waals surface area contributed by atoms with Gasteiger partial charge in [-0.05, 0) is 31.4 Å². The fourth-order valence-electron chi connectivity index (χ4n) is 3.19. The number of benzene rings is 1. The summed E-state index contributed by atoms with van der Waals surface area (Å²) in [5.41, 5.74) is 0.202. The van der Waals surface area contributed by atoms with Crippen LogP contribution in [0.5, 0.6) is 5.75 Å². The van der Waals surface area contributed by atoms with E-state index in [0.717, 1.165) is 24.2 Å². The van der Waals surface area contributed by atoms with Gasteiger partial charge >= 0.3 is 12.1 Å². The van der Waals surface area contributed by atoms with Crippen molar-refractivity contribution in [3.8, 4) is 5.75 Å². The fraction of sp³-hybridized carbons (Fsp3) is 0.609. The summed E-state index contributed by atoms with van der Waals surface area (Å²) in [6.07, 6.45) is 8.60. The van der Waals surface area contributed by atoms with Crippen molar-refractivity contribution in [2.75, 3.05) is 11.5 Å². The van der Waals surface area contributed by atoms with Gasteiger partial charge in [-0.3, -0.25) is 9.59 Å². The van der Waals surface area contributed by atoms with Crippen LogP contribution in [-0.2, 0) is 9.59 Å². The molecule has 7 nitrogen and oxygen atoms in total. The van der Waals surface area contributed by atoms with Crippen LogP contribution in [0.1, 0.15) is 84.0 Å². The number of carbonyl (C=O) groups is 3. The number of amides is 2. The van der Waals surface area contributed by atoms with Gasteiger partial charge in [-0.2, -0.15) is 0 Å². The standard InChI is InChI=1S/C23H35NO6/c1-2-3-4-5-6-7-8-9-16-21(25)24(23(28)29)19-14-10-11-15-20(19)30-18-13-12-17-22(26)27/h10-11,14-15H,2-9,12-13,16-18H2,1H3,(H,26,27)(H,28,29). The number of hydrogen-bond donors (Lipinski definition) is 2. The third kappa shape index (κ3) is 10.3. The molecular formula is C23H35NO6. The molecule has 0 aromatic heterocycles. The molecule has 0 spiro atoms. The van der Waals surface area contributed by atoms with E-state index in [2.05, 4.69) is 6.92 Å². The molecule has 30 heavy (non-hydrogen) atoms. The van der Waals surface area contributed by atoms with E-state index in [1.54, 1.807) is 24.3 Å². The van der Waals surface area contributed by atoms with E-state index in [0.29, 0.717) is 25.0 Å². The van der Waals surface area contributed by atoms with E-state index >= 15 is 0 Å². The molecular weight excluding hydrogens is 386 g/mol. The average Bonchev–Trinajstić information content (AvgIpc) is 2.70. The zero-order valence-electron chi connectivity index (χ0n) is 18.0. The average molecular weight is 422 g/mol. The largest absolute Gasteiger partial charge is 0.491 e. The number of nitrogens with zero attached hydrogens (tertiary/aromatic N) is 1. The molecule has 0 saturated heterocycles. The molecule has 0 heterocycles. The quantitative estimate of drug-likeness (QED) is 0.324.